The third-order valence-corrected chi connectivity index (χ3v) is 11.4. The smallest absolute Gasteiger partial charge is 0.480 e. The number of aliphatic carboxylic acids is 1. The van der Waals surface area contributed by atoms with E-state index < -0.39 is 18.2 Å². The fourth-order valence-electron chi connectivity index (χ4n) is 4.28. The third kappa shape index (κ3) is 9.85. The molecule has 0 saturated heterocycles. The van der Waals surface area contributed by atoms with Crippen LogP contribution >= 0.6 is 44.7 Å². The number of methoxy groups -OCH3 is 1. The largest absolute Gasteiger partial charge is 0.513 e. The van der Waals surface area contributed by atoms with Gasteiger partial charge in [0.25, 0.3) is 0 Å². The zero-order chi connectivity index (χ0) is 29.3. The van der Waals surface area contributed by atoms with Gasteiger partial charge in [0.2, 0.25) is 0 Å². The number of thioether (sulfide) groups is 1. The zero-order valence-electron chi connectivity index (χ0n) is 23.4. The van der Waals surface area contributed by atoms with Gasteiger partial charge in [-0.05, 0) is 35.8 Å². The molecule has 0 radical (unpaired) electrons. The number of carbonyl (C=O) groups is 3. The summed E-state index contributed by atoms with van der Waals surface area (Å²) in [7, 11) is 4.98. The lowest BCUT2D eigenvalue weighted by molar-refractivity contribution is -0.143. The number of aliphatic imine (C=N–C) groups is 1. The van der Waals surface area contributed by atoms with Crippen LogP contribution in [0.1, 0.15) is 58.4 Å². The van der Waals surface area contributed by atoms with Crippen LogP contribution < -0.4 is 4.74 Å². The average molecular weight is 629 g/mol. The minimum Gasteiger partial charge on any atom is -0.480 e. The monoisotopic (exact) mass is 628 g/mol. The Hall–Kier alpha value is -1.96. The van der Waals surface area contributed by atoms with Gasteiger partial charge in [-0.2, -0.15) is 0 Å². The number of aromatic nitrogens is 1. The van der Waals surface area contributed by atoms with E-state index in [0.29, 0.717) is 34.4 Å². The van der Waals surface area contributed by atoms with Crippen molar-refractivity contribution in [2.24, 2.45) is 15.8 Å². The molecule has 1 aliphatic rings. The number of carbonyl (C=O) groups excluding carboxylic acids is 2. The van der Waals surface area contributed by atoms with Gasteiger partial charge in [-0.25, -0.2) is 14.6 Å². The molecule has 1 aromatic heterocycles. The maximum absolute atomic E-state index is 12.2. The molecule has 0 bridgehead atoms. The average Bonchev–Trinajstić information content (AvgIpc) is 3.55. The number of ether oxygens (including phenoxy) is 3. The molecule has 1 N–H and O–H groups in total. The molecule has 2 atom stereocenters. The molecule has 9 nitrogen and oxygen atoms in total. The van der Waals surface area contributed by atoms with Crippen LogP contribution in [0.5, 0.6) is 5.75 Å². The van der Waals surface area contributed by atoms with Crippen molar-refractivity contribution in [3.63, 3.8) is 0 Å². The summed E-state index contributed by atoms with van der Waals surface area (Å²) in [6.07, 6.45) is 2.22. The molecule has 40 heavy (non-hydrogen) atoms. The van der Waals surface area contributed by atoms with Crippen LogP contribution in [0.3, 0.4) is 0 Å². The van der Waals surface area contributed by atoms with E-state index in [1.54, 1.807) is 39.8 Å². The molecule has 0 spiro atoms. The van der Waals surface area contributed by atoms with Gasteiger partial charge in [-0.15, -0.1) is 23.1 Å². The maximum Gasteiger partial charge on any atom is 0.513 e. The molecule has 0 amide bonds. The molecule has 2 heterocycles. The lowest BCUT2D eigenvalue weighted by Crippen LogP contribution is -2.29. The Bertz CT molecular complexity index is 1230. The van der Waals surface area contributed by atoms with Crippen LogP contribution in [-0.4, -0.2) is 70.2 Å². The number of benzene rings is 1. The summed E-state index contributed by atoms with van der Waals surface area (Å²) < 4.78 is 16.3. The quantitative estimate of drug-likeness (QED) is 0.0956. The highest BCUT2D eigenvalue weighted by Gasteiger charge is 2.33. The van der Waals surface area contributed by atoms with Gasteiger partial charge in [-0.3, -0.25) is 9.79 Å². The Kier molecular flexibility index (Phi) is 12.0. The summed E-state index contributed by atoms with van der Waals surface area (Å²) >= 11 is 2.75. The third-order valence-electron chi connectivity index (χ3n) is 6.36. The highest BCUT2D eigenvalue weighted by molar-refractivity contribution is 8.76. The van der Waals surface area contributed by atoms with Crippen molar-refractivity contribution in [2.45, 2.75) is 59.4 Å². The van der Waals surface area contributed by atoms with Crippen molar-refractivity contribution in [1.29, 1.82) is 0 Å². The minimum atomic E-state index is -0.942. The van der Waals surface area contributed by atoms with Crippen molar-refractivity contribution in [3.05, 3.63) is 23.2 Å². The molecule has 0 aliphatic carbocycles. The van der Waals surface area contributed by atoms with E-state index in [0.717, 1.165) is 34.6 Å². The molecule has 0 saturated carbocycles. The van der Waals surface area contributed by atoms with Gasteiger partial charge < -0.3 is 19.3 Å². The number of hydrogen-bond donors (Lipinski definition) is 1. The van der Waals surface area contributed by atoms with Crippen LogP contribution in [-0.2, 0) is 19.1 Å². The Labute approximate surface area is 251 Å². The fraction of sp³-hybridized carbons (Fsp3) is 0.593. The van der Waals surface area contributed by atoms with Gasteiger partial charge in [0.1, 0.15) is 15.8 Å². The van der Waals surface area contributed by atoms with Gasteiger partial charge >= 0.3 is 18.1 Å². The molecule has 2 aromatic rings. The zero-order valence-corrected chi connectivity index (χ0v) is 26.7. The van der Waals surface area contributed by atoms with Crippen LogP contribution in [0.2, 0.25) is 0 Å². The van der Waals surface area contributed by atoms with E-state index in [1.807, 2.05) is 0 Å². The SMILES string of the molecule is CCC(C)(CC(=O)OC)CC(C)(C)CSSCCCOC(=O)Oc1ccc2nc(C3=N[C@@H](C(=O)O)CS3)sc2c1. The number of hydrogen-bond acceptors (Lipinski definition) is 12. The number of carboxylic acid groups (broad SMARTS) is 1. The van der Waals surface area contributed by atoms with Gasteiger partial charge in [-0.1, -0.05) is 55.7 Å². The standard InChI is InChI=1S/C27H36N2O7S4/c1-6-27(4,13-21(30)34-5)15-26(2,3)16-39-38-11-7-10-35-25(33)36-17-8-9-18-20(12-17)40-23(28-18)22-29-19(14-37-22)24(31)32/h8-9,12,19H,6-7,10-11,13-16H2,1-5H3,(H,31,32)/t19-,27?/m1/s1. The van der Waals surface area contributed by atoms with Crippen LogP contribution in [0.25, 0.3) is 10.2 Å². The first-order valence-corrected chi connectivity index (χ1v) is 17.2. The van der Waals surface area contributed by atoms with Crippen LogP contribution in [0.4, 0.5) is 4.79 Å². The Morgan fingerprint density at radius 3 is 2.65 bits per heavy atom. The second kappa shape index (κ2) is 14.8. The molecule has 13 heteroatoms. The van der Waals surface area contributed by atoms with Crippen molar-refractivity contribution in [3.8, 4) is 5.75 Å². The number of carboxylic acids is 1. The number of nitrogens with zero attached hydrogens (tertiary/aromatic N) is 2. The Morgan fingerprint density at radius 1 is 1.20 bits per heavy atom. The Morgan fingerprint density at radius 2 is 1.98 bits per heavy atom. The van der Waals surface area contributed by atoms with Crippen LogP contribution in [0.15, 0.2) is 23.2 Å². The normalized spacial score (nSPS) is 16.8. The number of esters is 1. The lowest BCUT2D eigenvalue weighted by atomic mass is 9.71. The second-order valence-corrected chi connectivity index (χ2v) is 15.3. The summed E-state index contributed by atoms with van der Waals surface area (Å²) in [6.45, 7) is 8.98. The maximum atomic E-state index is 12.2. The predicted molar refractivity (Wildman–Crippen MR) is 165 cm³/mol. The van der Waals surface area contributed by atoms with Gasteiger partial charge in [0, 0.05) is 23.3 Å². The number of thiazole rings is 1. The Balaban J connectivity index is 1.36. The summed E-state index contributed by atoms with van der Waals surface area (Å²) in [4.78, 5) is 43.9. The molecule has 220 valence electrons. The molecule has 3 rings (SSSR count). The van der Waals surface area contributed by atoms with E-state index in [9.17, 15) is 14.4 Å². The first-order chi connectivity index (χ1) is 18.9. The minimum absolute atomic E-state index is 0.0704. The highest BCUT2D eigenvalue weighted by atomic mass is 33.1. The van der Waals surface area contributed by atoms with Crippen LogP contribution in [0, 0.1) is 10.8 Å². The molecular formula is C27H36N2O7S4. The molecule has 0 fully saturated rings. The fourth-order valence-corrected chi connectivity index (χ4v) is 9.14. The van der Waals surface area contributed by atoms with Crippen molar-refractivity contribution < 1.29 is 33.7 Å². The number of fused-ring (bicyclic) bond motifs is 1. The van der Waals surface area contributed by atoms with E-state index in [-0.39, 0.29) is 23.4 Å². The van der Waals surface area contributed by atoms with E-state index in [1.165, 1.54) is 30.2 Å². The summed E-state index contributed by atoms with van der Waals surface area (Å²) in [5.74, 6) is 1.43. The summed E-state index contributed by atoms with van der Waals surface area (Å²) in [6, 6.07) is 4.38. The second-order valence-electron chi connectivity index (χ2n) is 10.6. The first-order valence-electron chi connectivity index (χ1n) is 12.9. The van der Waals surface area contributed by atoms with E-state index in [4.69, 9.17) is 19.3 Å². The lowest BCUT2D eigenvalue weighted by Gasteiger charge is -2.36. The highest BCUT2D eigenvalue weighted by Crippen LogP contribution is 2.42. The summed E-state index contributed by atoms with van der Waals surface area (Å²) in [5.41, 5.74) is 0.711. The topological polar surface area (TPSA) is 124 Å². The molecule has 1 unspecified atom stereocenters. The molecule has 1 aliphatic heterocycles. The van der Waals surface area contributed by atoms with Crippen molar-refractivity contribution >= 4 is 78.0 Å². The molecular weight excluding hydrogens is 593 g/mol. The van der Waals surface area contributed by atoms with E-state index in [2.05, 4.69) is 37.7 Å². The summed E-state index contributed by atoms with van der Waals surface area (Å²) in [5, 5.41) is 10.4. The molecule has 1 aromatic carbocycles. The van der Waals surface area contributed by atoms with Gasteiger partial charge in [0.05, 0.1) is 30.4 Å². The van der Waals surface area contributed by atoms with Gasteiger partial charge in [0.15, 0.2) is 6.04 Å². The first kappa shape index (κ1) is 32.6. The van der Waals surface area contributed by atoms with Crippen molar-refractivity contribution in [2.75, 3.05) is 31.0 Å². The predicted octanol–water partition coefficient (Wildman–Crippen LogP) is 6.93. The van der Waals surface area contributed by atoms with E-state index >= 15 is 0 Å². The number of rotatable bonds is 15. The van der Waals surface area contributed by atoms with Crippen molar-refractivity contribution in [1.82, 2.24) is 4.98 Å².